The molecule has 0 aliphatic heterocycles. The van der Waals surface area contributed by atoms with Gasteiger partial charge in [-0.15, -0.1) is 0 Å². The Morgan fingerprint density at radius 3 is 2.59 bits per heavy atom. The summed E-state index contributed by atoms with van der Waals surface area (Å²) in [5.41, 5.74) is 4.18. The van der Waals surface area contributed by atoms with Crippen molar-refractivity contribution in [3.05, 3.63) is 72.3 Å². The molecule has 1 fully saturated rings. The normalized spacial score (nSPS) is 14.1. The van der Waals surface area contributed by atoms with Crippen LogP contribution in [-0.4, -0.2) is 24.6 Å². The van der Waals surface area contributed by atoms with Crippen LogP contribution in [-0.2, 0) is 4.79 Å². The van der Waals surface area contributed by atoms with E-state index in [1.54, 1.807) is 7.11 Å². The second-order valence-electron chi connectivity index (χ2n) is 8.67. The molecule has 0 saturated heterocycles. The number of hydrogen-bond acceptors (Lipinski definition) is 5. The van der Waals surface area contributed by atoms with E-state index in [0.29, 0.717) is 34.3 Å². The van der Waals surface area contributed by atoms with Crippen molar-refractivity contribution in [1.29, 1.82) is 0 Å². The van der Waals surface area contributed by atoms with Crippen LogP contribution < -0.4 is 14.8 Å². The van der Waals surface area contributed by atoms with Gasteiger partial charge in [-0.05, 0) is 66.8 Å². The van der Waals surface area contributed by atoms with Gasteiger partial charge in [-0.2, -0.15) is 0 Å². The minimum atomic E-state index is -0.226. The molecule has 0 atom stereocenters. The maximum absolute atomic E-state index is 12.5. The number of oxazole rings is 1. The number of carbonyl (C=O) groups is 1. The maximum Gasteiger partial charge on any atom is 0.262 e. The number of carbonyl (C=O) groups excluding carboxylic acids is 1. The molecule has 1 aliphatic carbocycles. The summed E-state index contributed by atoms with van der Waals surface area (Å²) in [6, 6.07) is 21.1. The van der Waals surface area contributed by atoms with Gasteiger partial charge in [-0.25, -0.2) is 4.98 Å². The van der Waals surface area contributed by atoms with E-state index in [4.69, 9.17) is 13.9 Å². The van der Waals surface area contributed by atoms with E-state index in [2.05, 4.69) is 22.4 Å². The molecular weight excluding hydrogens is 428 g/mol. The number of nitrogens with zero attached hydrogens (tertiary/aromatic N) is 1. The fourth-order valence-corrected chi connectivity index (χ4v) is 4.51. The first-order chi connectivity index (χ1) is 16.7. The Hall–Kier alpha value is -3.80. The molecule has 1 N–H and O–H groups in total. The summed E-state index contributed by atoms with van der Waals surface area (Å²) in [5, 5.41) is 2.88. The third-order valence-corrected chi connectivity index (χ3v) is 6.31. The Bertz CT molecular complexity index is 1270. The predicted molar refractivity (Wildman–Crippen MR) is 132 cm³/mol. The van der Waals surface area contributed by atoms with Crippen molar-refractivity contribution in [2.75, 3.05) is 19.0 Å². The number of hydrogen-bond donors (Lipinski definition) is 1. The van der Waals surface area contributed by atoms with Gasteiger partial charge in [0.25, 0.3) is 5.91 Å². The summed E-state index contributed by atoms with van der Waals surface area (Å²) in [5.74, 6) is 2.33. The van der Waals surface area contributed by atoms with Crippen LogP contribution in [0.2, 0.25) is 0 Å². The van der Waals surface area contributed by atoms with E-state index in [0.717, 1.165) is 11.3 Å². The number of amides is 1. The van der Waals surface area contributed by atoms with Gasteiger partial charge in [0, 0.05) is 17.3 Å². The van der Waals surface area contributed by atoms with E-state index in [1.807, 2.05) is 54.6 Å². The van der Waals surface area contributed by atoms with Gasteiger partial charge >= 0.3 is 0 Å². The van der Waals surface area contributed by atoms with Crippen LogP contribution in [0.3, 0.4) is 0 Å². The molecular formula is C28H28N2O4. The number of fused-ring (bicyclic) bond motifs is 1. The fourth-order valence-electron chi connectivity index (χ4n) is 4.51. The van der Waals surface area contributed by atoms with Crippen molar-refractivity contribution in [2.45, 2.75) is 38.0 Å². The van der Waals surface area contributed by atoms with Gasteiger partial charge in [0.2, 0.25) is 5.89 Å². The van der Waals surface area contributed by atoms with Crippen molar-refractivity contribution in [3.63, 3.8) is 0 Å². The van der Waals surface area contributed by atoms with Crippen LogP contribution in [0.1, 0.15) is 43.6 Å². The minimum Gasteiger partial charge on any atom is -0.497 e. The Kier molecular flexibility index (Phi) is 6.47. The van der Waals surface area contributed by atoms with Crippen molar-refractivity contribution >= 4 is 22.7 Å². The number of aromatic nitrogens is 1. The van der Waals surface area contributed by atoms with Crippen LogP contribution in [0.15, 0.2) is 71.1 Å². The molecule has 0 bridgehead atoms. The van der Waals surface area contributed by atoms with Gasteiger partial charge in [-0.1, -0.05) is 37.5 Å². The Morgan fingerprint density at radius 1 is 1.00 bits per heavy atom. The quantitative estimate of drug-likeness (QED) is 0.340. The van der Waals surface area contributed by atoms with Crippen LogP contribution in [0.25, 0.3) is 22.6 Å². The maximum atomic E-state index is 12.5. The molecule has 3 aromatic carbocycles. The molecule has 1 heterocycles. The molecule has 0 unspecified atom stereocenters. The second kappa shape index (κ2) is 10.00. The van der Waals surface area contributed by atoms with Crippen molar-refractivity contribution < 1.29 is 18.7 Å². The SMILES string of the molecule is COc1ccc2oc(-c3cccc(NC(=O)COc4ccc(C5CCCCC5)cc4)c3)nc2c1. The molecule has 0 spiro atoms. The standard InChI is InChI=1S/C28H28N2O4/c1-32-24-14-15-26-25(17-24)30-28(34-26)21-8-5-9-22(16-21)29-27(31)18-33-23-12-10-20(11-13-23)19-6-3-2-4-7-19/h5,8-17,19H,2-4,6-7,18H2,1H3,(H,29,31). The van der Waals surface area contributed by atoms with Crippen molar-refractivity contribution in [2.24, 2.45) is 0 Å². The van der Waals surface area contributed by atoms with E-state index < -0.39 is 0 Å². The number of nitrogens with one attached hydrogen (secondary N) is 1. The highest BCUT2D eigenvalue weighted by molar-refractivity contribution is 5.92. The monoisotopic (exact) mass is 456 g/mol. The lowest BCUT2D eigenvalue weighted by Gasteiger charge is -2.22. The zero-order chi connectivity index (χ0) is 23.3. The summed E-state index contributed by atoms with van der Waals surface area (Å²) in [6.45, 7) is -0.0598. The van der Waals surface area contributed by atoms with Gasteiger partial charge in [-0.3, -0.25) is 4.79 Å². The summed E-state index contributed by atoms with van der Waals surface area (Å²) < 4.78 is 16.8. The zero-order valence-corrected chi connectivity index (χ0v) is 19.3. The highest BCUT2D eigenvalue weighted by Crippen LogP contribution is 2.33. The molecule has 34 heavy (non-hydrogen) atoms. The van der Waals surface area contributed by atoms with Gasteiger partial charge in [0.1, 0.15) is 17.0 Å². The highest BCUT2D eigenvalue weighted by Gasteiger charge is 2.15. The molecule has 1 aromatic heterocycles. The molecule has 1 aliphatic rings. The average molecular weight is 457 g/mol. The Morgan fingerprint density at radius 2 is 1.79 bits per heavy atom. The Balaban J connectivity index is 1.19. The third kappa shape index (κ3) is 5.06. The summed E-state index contributed by atoms with van der Waals surface area (Å²) in [7, 11) is 1.62. The average Bonchev–Trinajstić information content (AvgIpc) is 3.32. The second-order valence-corrected chi connectivity index (χ2v) is 8.67. The van der Waals surface area contributed by atoms with E-state index >= 15 is 0 Å². The van der Waals surface area contributed by atoms with Crippen LogP contribution in [0.5, 0.6) is 11.5 Å². The number of benzene rings is 3. The lowest BCUT2D eigenvalue weighted by Crippen LogP contribution is -2.20. The van der Waals surface area contributed by atoms with E-state index in [1.165, 1.54) is 37.7 Å². The highest BCUT2D eigenvalue weighted by atomic mass is 16.5. The Labute approximate surface area is 198 Å². The number of rotatable bonds is 7. The molecule has 6 nitrogen and oxygen atoms in total. The minimum absolute atomic E-state index is 0.0598. The van der Waals surface area contributed by atoms with E-state index in [9.17, 15) is 4.79 Å². The molecule has 1 amide bonds. The number of methoxy groups -OCH3 is 1. The fraction of sp³-hybridized carbons (Fsp3) is 0.286. The smallest absolute Gasteiger partial charge is 0.262 e. The van der Waals surface area contributed by atoms with Crippen molar-refractivity contribution in [1.82, 2.24) is 4.98 Å². The predicted octanol–water partition coefficient (Wildman–Crippen LogP) is 6.57. The molecule has 0 radical (unpaired) electrons. The van der Waals surface area contributed by atoms with Crippen molar-refractivity contribution in [3.8, 4) is 23.0 Å². The lowest BCUT2D eigenvalue weighted by atomic mass is 9.84. The molecule has 6 heteroatoms. The van der Waals surface area contributed by atoms with Crippen LogP contribution in [0.4, 0.5) is 5.69 Å². The first kappa shape index (κ1) is 22.0. The first-order valence-corrected chi connectivity index (χ1v) is 11.8. The molecule has 174 valence electrons. The first-order valence-electron chi connectivity index (χ1n) is 11.8. The topological polar surface area (TPSA) is 73.6 Å². The van der Waals surface area contributed by atoms with Crippen LogP contribution in [0, 0.1) is 0 Å². The van der Waals surface area contributed by atoms with E-state index in [-0.39, 0.29) is 12.5 Å². The number of anilines is 1. The summed E-state index contributed by atoms with van der Waals surface area (Å²) >= 11 is 0. The summed E-state index contributed by atoms with van der Waals surface area (Å²) in [4.78, 5) is 17.0. The molecule has 4 aromatic rings. The molecule has 5 rings (SSSR count). The largest absolute Gasteiger partial charge is 0.497 e. The van der Waals surface area contributed by atoms with Gasteiger partial charge < -0.3 is 19.2 Å². The zero-order valence-electron chi connectivity index (χ0n) is 19.3. The summed E-state index contributed by atoms with van der Waals surface area (Å²) in [6.07, 6.45) is 6.50. The molecule has 1 saturated carbocycles. The van der Waals surface area contributed by atoms with Gasteiger partial charge in [0.15, 0.2) is 12.2 Å². The van der Waals surface area contributed by atoms with Gasteiger partial charge in [0.05, 0.1) is 7.11 Å². The van der Waals surface area contributed by atoms with Crippen LogP contribution >= 0.6 is 0 Å². The number of ether oxygens (including phenoxy) is 2. The lowest BCUT2D eigenvalue weighted by molar-refractivity contribution is -0.118. The third-order valence-electron chi connectivity index (χ3n) is 6.31.